The molecule has 0 fully saturated rings. The molecule has 2 nitrogen and oxygen atoms in total. The van der Waals surface area contributed by atoms with Gasteiger partial charge in [0, 0.05) is 0 Å². The Balaban J connectivity index is 2.78. The molecular formula is C9H8ClF2NO. The Morgan fingerprint density at radius 3 is 2.57 bits per heavy atom. The van der Waals surface area contributed by atoms with E-state index in [0.29, 0.717) is 5.56 Å². The van der Waals surface area contributed by atoms with Gasteiger partial charge in [0.15, 0.2) is 11.6 Å². The predicted octanol–water partition coefficient (Wildman–Crippen LogP) is 1.60. The number of nitrogens with two attached hydrogens (primary N) is 1. The van der Waals surface area contributed by atoms with Crippen LogP contribution >= 0.6 is 11.6 Å². The van der Waals surface area contributed by atoms with E-state index in [1.165, 1.54) is 6.07 Å². The second kappa shape index (κ2) is 4.37. The molecule has 1 atom stereocenters. The van der Waals surface area contributed by atoms with E-state index in [1.54, 1.807) is 0 Å². The van der Waals surface area contributed by atoms with E-state index < -0.39 is 22.9 Å². The fraction of sp³-hybridized carbons (Fsp3) is 0.222. The number of rotatable bonds is 3. The lowest BCUT2D eigenvalue weighted by Crippen LogP contribution is -2.25. The first-order chi connectivity index (χ1) is 6.50. The SMILES string of the molecule is NC(=O)C(Cl)Cc1ccc(F)c(F)c1. The molecule has 0 aliphatic rings. The Bertz CT molecular complexity index is 357. The van der Waals surface area contributed by atoms with Crippen molar-refractivity contribution in [3.05, 3.63) is 35.4 Å². The molecule has 0 radical (unpaired) electrons. The van der Waals surface area contributed by atoms with Crippen molar-refractivity contribution in [2.45, 2.75) is 11.8 Å². The number of hydrogen-bond acceptors (Lipinski definition) is 1. The van der Waals surface area contributed by atoms with Crippen LogP contribution < -0.4 is 5.73 Å². The van der Waals surface area contributed by atoms with E-state index in [0.717, 1.165) is 12.1 Å². The van der Waals surface area contributed by atoms with E-state index in [1.807, 2.05) is 0 Å². The van der Waals surface area contributed by atoms with Gasteiger partial charge in [-0.15, -0.1) is 11.6 Å². The van der Waals surface area contributed by atoms with Crippen molar-refractivity contribution in [3.8, 4) is 0 Å². The Morgan fingerprint density at radius 1 is 1.43 bits per heavy atom. The molecule has 1 unspecified atom stereocenters. The highest BCUT2D eigenvalue weighted by molar-refractivity contribution is 6.30. The monoisotopic (exact) mass is 219 g/mol. The summed E-state index contributed by atoms with van der Waals surface area (Å²) in [7, 11) is 0. The third-order valence-corrected chi connectivity index (χ3v) is 2.08. The van der Waals surface area contributed by atoms with Crippen molar-refractivity contribution in [3.63, 3.8) is 0 Å². The molecule has 0 bridgehead atoms. The molecule has 0 aliphatic carbocycles. The molecule has 1 aromatic carbocycles. The van der Waals surface area contributed by atoms with Crippen molar-refractivity contribution >= 4 is 17.5 Å². The first-order valence-electron chi connectivity index (χ1n) is 3.88. The van der Waals surface area contributed by atoms with Crippen molar-refractivity contribution in [1.82, 2.24) is 0 Å². The van der Waals surface area contributed by atoms with E-state index in [4.69, 9.17) is 17.3 Å². The summed E-state index contributed by atoms with van der Waals surface area (Å²) in [5.41, 5.74) is 5.35. The van der Waals surface area contributed by atoms with Gasteiger partial charge in [-0.05, 0) is 24.1 Å². The fourth-order valence-corrected chi connectivity index (χ4v) is 1.15. The summed E-state index contributed by atoms with van der Waals surface area (Å²) in [6.07, 6.45) is 0.0914. The van der Waals surface area contributed by atoms with Crippen LogP contribution in [0.3, 0.4) is 0 Å². The lowest BCUT2D eigenvalue weighted by atomic mass is 10.1. The van der Waals surface area contributed by atoms with Gasteiger partial charge in [0.2, 0.25) is 5.91 Å². The minimum atomic E-state index is -0.962. The maximum absolute atomic E-state index is 12.7. The van der Waals surface area contributed by atoms with Gasteiger partial charge in [0.1, 0.15) is 5.38 Å². The molecule has 2 N–H and O–H groups in total. The molecule has 14 heavy (non-hydrogen) atoms. The lowest BCUT2D eigenvalue weighted by molar-refractivity contribution is -0.117. The number of carbonyl (C=O) groups is 1. The molecule has 76 valence electrons. The summed E-state index contributed by atoms with van der Waals surface area (Å²) in [5.74, 6) is -2.58. The largest absolute Gasteiger partial charge is 0.368 e. The standard InChI is InChI=1S/C9H8ClF2NO/c10-6(9(13)14)3-5-1-2-7(11)8(12)4-5/h1-2,4,6H,3H2,(H2,13,14). The minimum Gasteiger partial charge on any atom is -0.368 e. The second-order valence-electron chi connectivity index (χ2n) is 2.82. The Labute approximate surface area is 84.7 Å². The van der Waals surface area contributed by atoms with Crippen molar-refractivity contribution < 1.29 is 13.6 Å². The van der Waals surface area contributed by atoms with Crippen molar-refractivity contribution in [1.29, 1.82) is 0 Å². The molecule has 1 rings (SSSR count). The summed E-state index contributed by atoms with van der Waals surface area (Å²) in [6, 6.07) is 3.33. The van der Waals surface area contributed by atoms with Gasteiger partial charge in [0.25, 0.3) is 0 Å². The van der Waals surface area contributed by atoms with Crippen LogP contribution in [0.2, 0.25) is 0 Å². The predicted molar refractivity (Wildman–Crippen MR) is 48.9 cm³/mol. The fourth-order valence-electron chi connectivity index (χ4n) is 0.974. The maximum Gasteiger partial charge on any atom is 0.235 e. The first kappa shape index (κ1) is 10.9. The van der Waals surface area contributed by atoms with Gasteiger partial charge in [0.05, 0.1) is 0 Å². The summed E-state index contributed by atoms with van der Waals surface area (Å²) < 4.78 is 25.2. The zero-order valence-electron chi connectivity index (χ0n) is 7.14. The van der Waals surface area contributed by atoms with Gasteiger partial charge < -0.3 is 5.73 Å². The lowest BCUT2D eigenvalue weighted by Gasteiger charge is -2.05. The average molecular weight is 220 g/mol. The van der Waals surface area contributed by atoms with Gasteiger partial charge in [-0.25, -0.2) is 8.78 Å². The van der Waals surface area contributed by atoms with Crippen molar-refractivity contribution in [2.24, 2.45) is 5.73 Å². The highest BCUT2D eigenvalue weighted by atomic mass is 35.5. The zero-order valence-corrected chi connectivity index (χ0v) is 7.89. The number of benzene rings is 1. The number of primary amides is 1. The van der Waals surface area contributed by atoms with Crippen LogP contribution in [0.5, 0.6) is 0 Å². The molecule has 5 heteroatoms. The van der Waals surface area contributed by atoms with E-state index in [2.05, 4.69) is 0 Å². The molecule has 0 aliphatic heterocycles. The molecule has 0 saturated carbocycles. The minimum absolute atomic E-state index is 0.0914. The molecule has 1 amide bonds. The summed E-state index contributed by atoms with van der Waals surface area (Å²) >= 11 is 5.55. The molecular weight excluding hydrogens is 212 g/mol. The topological polar surface area (TPSA) is 43.1 Å². The molecule has 0 spiro atoms. The van der Waals surface area contributed by atoms with Gasteiger partial charge in [-0.2, -0.15) is 0 Å². The summed E-state index contributed by atoms with van der Waals surface area (Å²) in [4.78, 5) is 10.6. The third-order valence-electron chi connectivity index (χ3n) is 1.71. The molecule has 1 aromatic rings. The van der Waals surface area contributed by atoms with Gasteiger partial charge in [-0.3, -0.25) is 4.79 Å². The van der Waals surface area contributed by atoms with E-state index in [9.17, 15) is 13.6 Å². The Morgan fingerprint density at radius 2 is 2.07 bits per heavy atom. The second-order valence-corrected chi connectivity index (χ2v) is 3.35. The maximum atomic E-state index is 12.7. The number of alkyl halides is 1. The Kier molecular flexibility index (Phi) is 3.41. The van der Waals surface area contributed by atoms with Crippen LogP contribution in [0.25, 0.3) is 0 Å². The van der Waals surface area contributed by atoms with Gasteiger partial charge >= 0.3 is 0 Å². The highest BCUT2D eigenvalue weighted by Crippen LogP contribution is 2.12. The van der Waals surface area contributed by atoms with Crippen LogP contribution in [0, 0.1) is 11.6 Å². The van der Waals surface area contributed by atoms with E-state index >= 15 is 0 Å². The van der Waals surface area contributed by atoms with Gasteiger partial charge in [-0.1, -0.05) is 6.07 Å². The first-order valence-corrected chi connectivity index (χ1v) is 4.31. The molecule has 0 heterocycles. The molecule has 0 aromatic heterocycles. The smallest absolute Gasteiger partial charge is 0.235 e. The highest BCUT2D eigenvalue weighted by Gasteiger charge is 2.13. The summed E-state index contributed by atoms with van der Waals surface area (Å²) in [5, 5.41) is -0.903. The number of carbonyl (C=O) groups excluding carboxylic acids is 1. The zero-order chi connectivity index (χ0) is 10.7. The van der Waals surface area contributed by atoms with Crippen LogP contribution in [0.15, 0.2) is 18.2 Å². The Hall–Kier alpha value is -1.16. The third kappa shape index (κ3) is 2.67. The molecule has 0 saturated heterocycles. The van der Waals surface area contributed by atoms with Crippen LogP contribution in [-0.4, -0.2) is 11.3 Å². The number of halogens is 3. The quantitative estimate of drug-likeness (QED) is 0.771. The summed E-state index contributed by atoms with van der Waals surface area (Å²) in [6.45, 7) is 0. The van der Waals surface area contributed by atoms with E-state index in [-0.39, 0.29) is 6.42 Å². The number of hydrogen-bond donors (Lipinski definition) is 1. The average Bonchev–Trinajstić information content (AvgIpc) is 2.11. The van der Waals surface area contributed by atoms with Crippen LogP contribution in [0.4, 0.5) is 8.78 Å². The van der Waals surface area contributed by atoms with Crippen LogP contribution in [-0.2, 0) is 11.2 Å². The normalized spacial score (nSPS) is 12.5. The van der Waals surface area contributed by atoms with Crippen molar-refractivity contribution in [2.75, 3.05) is 0 Å². The van der Waals surface area contributed by atoms with Crippen LogP contribution in [0.1, 0.15) is 5.56 Å². The number of amides is 1.